The van der Waals surface area contributed by atoms with E-state index in [0.29, 0.717) is 0 Å². The fourth-order valence-electron chi connectivity index (χ4n) is 7.26. The molecule has 0 bridgehead atoms. The first kappa shape index (κ1) is 25.9. The summed E-state index contributed by atoms with van der Waals surface area (Å²) in [7, 11) is -1.89. The maximum atomic E-state index is 10.4. The van der Waals surface area contributed by atoms with E-state index in [4.69, 9.17) is 9.05 Å². The standard InChI is InChI=1S/C28H45O3P/c1-22(2,3)26(23(4,5)6)18-21(20-16-14-13-15-17-20)28(30-32(29)31-28)27(19-26,24(7,8)9)25(10,11)12/h13-18,29H,19H2,1-12H3. The van der Waals surface area contributed by atoms with Crippen LogP contribution in [0.1, 0.15) is 95.1 Å². The van der Waals surface area contributed by atoms with Crippen LogP contribution < -0.4 is 0 Å². The Hall–Kier alpha value is -0.730. The molecule has 1 spiro atoms. The smallest absolute Gasteiger partial charge is 0.328 e. The van der Waals surface area contributed by atoms with Crippen molar-refractivity contribution in [1.29, 1.82) is 0 Å². The lowest BCUT2D eigenvalue weighted by Gasteiger charge is -2.72. The maximum absolute atomic E-state index is 10.4. The van der Waals surface area contributed by atoms with Crippen LogP contribution >= 0.6 is 8.60 Å². The fraction of sp³-hybridized carbons (Fsp3) is 0.714. The van der Waals surface area contributed by atoms with E-state index in [1.54, 1.807) is 0 Å². The van der Waals surface area contributed by atoms with Gasteiger partial charge in [-0.25, -0.2) is 0 Å². The molecule has 1 aliphatic heterocycles. The minimum absolute atomic E-state index is 0.0116. The van der Waals surface area contributed by atoms with Crippen LogP contribution in [0.25, 0.3) is 5.57 Å². The molecule has 4 heteroatoms. The van der Waals surface area contributed by atoms with Gasteiger partial charge in [-0.05, 0) is 39.1 Å². The minimum atomic E-state index is -1.89. The first-order valence-electron chi connectivity index (χ1n) is 11.9. The molecule has 3 rings (SSSR count). The molecule has 0 saturated carbocycles. The second-order valence-corrected chi connectivity index (χ2v) is 14.9. The van der Waals surface area contributed by atoms with Crippen LogP contribution in [-0.4, -0.2) is 10.7 Å². The average molecular weight is 461 g/mol. The Morgan fingerprint density at radius 2 is 1.16 bits per heavy atom. The quantitative estimate of drug-likeness (QED) is 0.426. The summed E-state index contributed by atoms with van der Waals surface area (Å²) in [5.74, 6) is -0.995. The van der Waals surface area contributed by atoms with E-state index < -0.39 is 19.8 Å². The maximum Gasteiger partial charge on any atom is 0.335 e. The Bertz CT molecular complexity index is 838. The molecule has 3 nitrogen and oxygen atoms in total. The zero-order chi connectivity index (χ0) is 24.6. The van der Waals surface area contributed by atoms with Crippen molar-refractivity contribution < 1.29 is 13.9 Å². The highest BCUT2D eigenvalue weighted by atomic mass is 31.2. The van der Waals surface area contributed by atoms with E-state index in [9.17, 15) is 4.89 Å². The molecule has 0 amide bonds. The summed E-state index contributed by atoms with van der Waals surface area (Å²) < 4.78 is 12.9. The third kappa shape index (κ3) is 3.37. The fourth-order valence-corrected chi connectivity index (χ4v) is 8.22. The molecule has 0 aromatic heterocycles. The molecular weight excluding hydrogens is 415 g/mol. The Morgan fingerprint density at radius 1 is 0.719 bits per heavy atom. The van der Waals surface area contributed by atoms with Crippen molar-refractivity contribution in [3.8, 4) is 0 Å². The molecule has 0 radical (unpaired) electrons. The van der Waals surface area contributed by atoms with Crippen LogP contribution in [0, 0.1) is 32.5 Å². The summed E-state index contributed by atoms with van der Waals surface area (Å²) in [6.45, 7) is 28.1. The van der Waals surface area contributed by atoms with Crippen LogP contribution in [0.2, 0.25) is 0 Å². The lowest BCUT2D eigenvalue weighted by Crippen LogP contribution is -2.71. The van der Waals surface area contributed by atoms with Crippen LogP contribution in [0.3, 0.4) is 0 Å². The molecular formula is C28H45O3P. The Kier molecular flexibility index (Phi) is 5.97. The van der Waals surface area contributed by atoms with Crippen molar-refractivity contribution >= 4 is 14.2 Å². The van der Waals surface area contributed by atoms with Gasteiger partial charge in [0.05, 0.1) is 0 Å². The van der Waals surface area contributed by atoms with Crippen molar-refractivity contribution in [3.05, 3.63) is 42.0 Å². The van der Waals surface area contributed by atoms with Crippen molar-refractivity contribution in [2.24, 2.45) is 32.5 Å². The number of rotatable bonds is 1. The molecule has 180 valence electrons. The van der Waals surface area contributed by atoms with Gasteiger partial charge in [0.2, 0.25) is 5.79 Å². The predicted molar refractivity (Wildman–Crippen MR) is 136 cm³/mol. The summed E-state index contributed by atoms with van der Waals surface area (Å²) in [6, 6.07) is 10.5. The first-order valence-corrected chi connectivity index (χ1v) is 13.0. The monoisotopic (exact) mass is 460 g/mol. The highest BCUT2D eigenvalue weighted by Crippen LogP contribution is 2.80. The molecule has 1 heterocycles. The molecule has 1 aromatic carbocycles. The molecule has 0 unspecified atom stereocenters. The van der Waals surface area contributed by atoms with Crippen molar-refractivity contribution in [2.45, 2.75) is 95.3 Å². The third-order valence-corrected chi connectivity index (χ3v) is 9.41. The summed E-state index contributed by atoms with van der Waals surface area (Å²) in [4.78, 5) is 10.4. The van der Waals surface area contributed by atoms with E-state index in [1.807, 2.05) is 6.07 Å². The molecule has 2 aliphatic rings. The van der Waals surface area contributed by atoms with Crippen molar-refractivity contribution in [1.82, 2.24) is 0 Å². The molecule has 1 aromatic rings. The second kappa shape index (κ2) is 7.38. The predicted octanol–water partition coefficient (Wildman–Crippen LogP) is 8.59. The normalized spacial score (nSPS) is 28.3. The number of hydrogen-bond donors (Lipinski definition) is 1. The summed E-state index contributed by atoms with van der Waals surface area (Å²) in [5, 5.41) is 0. The van der Waals surface area contributed by atoms with Gasteiger partial charge in [-0.3, -0.25) is 9.05 Å². The average Bonchev–Trinajstić information content (AvgIpc) is 2.57. The van der Waals surface area contributed by atoms with Crippen molar-refractivity contribution in [2.75, 3.05) is 0 Å². The minimum Gasteiger partial charge on any atom is -0.328 e. The molecule has 1 fully saturated rings. The first-order chi connectivity index (χ1) is 14.3. The van der Waals surface area contributed by atoms with Crippen molar-refractivity contribution in [3.63, 3.8) is 0 Å². The van der Waals surface area contributed by atoms with Crippen LogP contribution in [-0.2, 0) is 9.05 Å². The Labute approximate surface area is 198 Å². The second-order valence-electron chi connectivity index (χ2n) is 14.0. The van der Waals surface area contributed by atoms with Gasteiger partial charge in [0.1, 0.15) is 0 Å². The molecule has 1 N–H and O–H groups in total. The highest BCUT2D eigenvalue weighted by Gasteiger charge is 2.77. The Balaban J connectivity index is 2.55. The third-order valence-electron chi connectivity index (χ3n) is 8.59. The molecule has 1 aliphatic carbocycles. The van der Waals surface area contributed by atoms with E-state index in [2.05, 4.69) is 113 Å². The molecule has 0 atom stereocenters. The van der Waals surface area contributed by atoms with E-state index in [1.165, 1.54) is 0 Å². The largest absolute Gasteiger partial charge is 0.335 e. The van der Waals surface area contributed by atoms with Gasteiger partial charge >= 0.3 is 8.60 Å². The number of allylic oxidation sites excluding steroid dienone is 1. The van der Waals surface area contributed by atoms with Gasteiger partial charge < -0.3 is 4.89 Å². The topological polar surface area (TPSA) is 38.7 Å². The van der Waals surface area contributed by atoms with Gasteiger partial charge in [-0.1, -0.05) is 119 Å². The number of hydrogen-bond acceptors (Lipinski definition) is 3. The zero-order valence-electron chi connectivity index (χ0n) is 22.4. The summed E-state index contributed by atoms with van der Waals surface area (Å²) in [6.07, 6.45) is 3.36. The SMILES string of the molecule is CC(C)(C)C1(C(C)(C)C)C=C(c2ccccc2)C2(OP(O)O2)C(C(C)(C)C)(C(C)(C)C)C1. The highest BCUT2D eigenvalue weighted by molar-refractivity contribution is 7.41. The summed E-state index contributed by atoms with van der Waals surface area (Å²) >= 11 is 0. The van der Waals surface area contributed by atoms with E-state index in [0.717, 1.165) is 17.6 Å². The lowest BCUT2D eigenvalue weighted by molar-refractivity contribution is -0.313. The van der Waals surface area contributed by atoms with Crippen LogP contribution in [0.4, 0.5) is 0 Å². The van der Waals surface area contributed by atoms with Gasteiger partial charge in [0, 0.05) is 11.0 Å². The van der Waals surface area contributed by atoms with Crippen LogP contribution in [0.15, 0.2) is 36.4 Å². The van der Waals surface area contributed by atoms with Gasteiger partial charge in [-0.15, -0.1) is 0 Å². The van der Waals surface area contributed by atoms with E-state index >= 15 is 0 Å². The molecule has 1 saturated heterocycles. The summed E-state index contributed by atoms with van der Waals surface area (Å²) in [5.41, 5.74) is 1.25. The van der Waals surface area contributed by atoms with E-state index in [-0.39, 0.29) is 27.1 Å². The van der Waals surface area contributed by atoms with Gasteiger partial charge in [0.15, 0.2) is 0 Å². The van der Waals surface area contributed by atoms with Gasteiger partial charge in [0.25, 0.3) is 0 Å². The van der Waals surface area contributed by atoms with Gasteiger partial charge in [-0.2, -0.15) is 0 Å². The number of benzene rings is 1. The molecule has 32 heavy (non-hydrogen) atoms. The van der Waals surface area contributed by atoms with Crippen LogP contribution in [0.5, 0.6) is 0 Å². The zero-order valence-corrected chi connectivity index (χ0v) is 23.3. The lowest BCUT2D eigenvalue weighted by atomic mass is 9.37. The Morgan fingerprint density at radius 3 is 1.50 bits per heavy atom.